The van der Waals surface area contributed by atoms with Gasteiger partial charge in [0.15, 0.2) is 0 Å². The Morgan fingerprint density at radius 2 is 1.95 bits per heavy atom. The molecule has 2 atom stereocenters. The van der Waals surface area contributed by atoms with Crippen molar-refractivity contribution in [2.75, 3.05) is 18.0 Å². The van der Waals surface area contributed by atoms with Gasteiger partial charge in [0.2, 0.25) is 0 Å². The number of fused-ring (bicyclic) bond motifs is 1. The predicted octanol–water partition coefficient (Wildman–Crippen LogP) is 6.68. The SMILES string of the molecule is C=C(OCC)[C@@H]1Cc2ccc(OCc3c(F)cccc3Cl)cc2N(S(=O)(=O)c2ccc(C)c(OC)c2)[C@@H]1C. The summed E-state index contributed by atoms with van der Waals surface area (Å²) in [7, 11) is -2.53. The van der Waals surface area contributed by atoms with Gasteiger partial charge in [0, 0.05) is 23.6 Å². The van der Waals surface area contributed by atoms with Gasteiger partial charge in [0.25, 0.3) is 10.0 Å². The molecule has 0 spiro atoms. The number of nitrogens with zero attached hydrogens (tertiary/aromatic N) is 1. The summed E-state index contributed by atoms with van der Waals surface area (Å²) in [6.07, 6.45) is 0.540. The van der Waals surface area contributed by atoms with Crippen LogP contribution in [0.25, 0.3) is 0 Å². The summed E-state index contributed by atoms with van der Waals surface area (Å²) in [5.41, 5.74) is 2.33. The Bertz CT molecular complexity index is 1440. The average molecular weight is 560 g/mol. The van der Waals surface area contributed by atoms with E-state index in [4.69, 9.17) is 25.8 Å². The molecule has 1 aliphatic rings. The number of anilines is 1. The summed E-state index contributed by atoms with van der Waals surface area (Å²) in [5, 5.41) is 0.256. The van der Waals surface area contributed by atoms with Gasteiger partial charge in [-0.15, -0.1) is 0 Å². The lowest BCUT2D eigenvalue weighted by Gasteiger charge is -2.41. The van der Waals surface area contributed by atoms with Gasteiger partial charge in [-0.05, 0) is 62.6 Å². The Morgan fingerprint density at radius 3 is 2.63 bits per heavy atom. The van der Waals surface area contributed by atoms with Crippen LogP contribution in [0.2, 0.25) is 5.02 Å². The standard InChI is InChI=1S/C29H31ClFNO5S/c1-6-36-20(4)24-14-21-11-12-22(37-17-25-26(30)8-7-9-27(25)31)15-28(21)32(19(24)3)38(33,34)23-13-10-18(2)29(16-23)35-5/h7-13,15-16,19,24H,4,6,14,17H2,1-3,5H3/t19-,24-/m1/s1. The van der Waals surface area contributed by atoms with Crippen molar-refractivity contribution < 1.29 is 27.0 Å². The lowest BCUT2D eigenvalue weighted by molar-refractivity contribution is 0.181. The number of hydrogen-bond acceptors (Lipinski definition) is 5. The van der Waals surface area contributed by atoms with Gasteiger partial charge < -0.3 is 14.2 Å². The fraction of sp³-hybridized carbons (Fsp3) is 0.310. The maximum absolute atomic E-state index is 14.3. The van der Waals surface area contributed by atoms with Crippen molar-refractivity contribution in [1.29, 1.82) is 0 Å². The maximum Gasteiger partial charge on any atom is 0.264 e. The molecule has 38 heavy (non-hydrogen) atoms. The second kappa shape index (κ2) is 11.3. The molecule has 0 fully saturated rings. The Hall–Kier alpha value is -3.23. The van der Waals surface area contributed by atoms with Gasteiger partial charge in [0.05, 0.1) is 41.1 Å². The number of halogens is 2. The molecular formula is C29H31ClFNO5S. The zero-order chi connectivity index (χ0) is 27.6. The minimum absolute atomic E-state index is 0.102. The van der Waals surface area contributed by atoms with Crippen molar-refractivity contribution in [2.24, 2.45) is 5.92 Å². The van der Waals surface area contributed by atoms with E-state index in [9.17, 15) is 12.8 Å². The van der Waals surface area contributed by atoms with Crippen LogP contribution in [-0.2, 0) is 27.8 Å². The lowest BCUT2D eigenvalue weighted by atomic mass is 9.87. The van der Waals surface area contributed by atoms with Crippen molar-refractivity contribution in [2.45, 2.75) is 44.7 Å². The summed E-state index contributed by atoms with van der Waals surface area (Å²) in [6, 6.07) is 14.0. The van der Waals surface area contributed by atoms with Crippen LogP contribution in [0.15, 0.2) is 71.8 Å². The Kier molecular flexibility index (Phi) is 8.23. The van der Waals surface area contributed by atoms with E-state index in [-0.39, 0.29) is 28.0 Å². The van der Waals surface area contributed by atoms with E-state index in [1.54, 1.807) is 30.3 Å². The molecule has 0 N–H and O–H groups in total. The first kappa shape index (κ1) is 27.8. The summed E-state index contributed by atoms with van der Waals surface area (Å²) >= 11 is 6.15. The third kappa shape index (κ3) is 5.33. The quantitative estimate of drug-likeness (QED) is 0.274. The number of ether oxygens (including phenoxy) is 3. The lowest BCUT2D eigenvalue weighted by Crippen LogP contribution is -2.47. The molecule has 0 saturated heterocycles. The van der Waals surface area contributed by atoms with Crippen LogP contribution in [-0.4, -0.2) is 28.2 Å². The average Bonchev–Trinajstić information content (AvgIpc) is 2.88. The Morgan fingerprint density at radius 1 is 1.18 bits per heavy atom. The summed E-state index contributed by atoms with van der Waals surface area (Å²) in [4.78, 5) is 0.102. The second-order valence-electron chi connectivity index (χ2n) is 9.16. The highest BCUT2D eigenvalue weighted by atomic mass is 35.5. The Labute approximate surface area is 228 Å². The first-order chi connectivity index (χ1) is 18.1. The van der Waals surface area contributed by atoms with Crippen LogP contribution in [0.4, 0.5) is 10.1 Å². The van der Waals surface area contributed by atoms with E-state index in [0.717, 1.165) is 11.1 Å². The zero-order valence-corrected chi connectivity index (χ0v) is 23.4. The van der Waals surface area contributed by atoms with E-state index in [1.807, 2.05) is 26.8 Å². The van der Waals surface area contributed by atoms with Crippen LogP contribution in [0.3, 0.4) is 0 Å². The highest BCUT2D eigenvalue weighted by molar-refractivity contribution is 7.92. The molecule has 0 bridgehead atoms. The molecule has 9 heteroatoms. The largest absolute Gasteiger partial charge is 0.498 e. The number of sulfonamides is 1. The van der Waals surface area contributed by atoms with Gasteiger partial charge in [-0.2, -0.15) is 0 Å². The van der Waals surface area contributed by atoms with Crippen molar-refractivity contribution in [1.82, 2.24) is 0 Å². The van der Waals surface area contributed by atoms with Gasteiger partial charge in [-0.3, -0.25) is 4.31 Å². The molecule has 1 heterocycles. The first-order valence-corrected chi connectivity index (χ1v) is 14.1. The molecule has 202 valence electrons. The molecule has 1 aliphatic heterocycles. The normalized spacial score (nSPS) is 17.1. The fourth-order valence-corrected chi connectivity index (χ4v) is 6.68. The molecular weight excluding hydrogens is 529 g/mol. The van der Waals surface area contributed by atoms with Crippen molar-refractivity contribution in [3.63, 3.8) is 0 Å². The number of benzene rings is 3. The molecule has 0 unspecified atom stereocenters. The van der Waals surface area contributed by atoms with Crippen molar-refractivity contribution in [3.8, 4) is 11.5 Å². The van der Waals surface area contributed by atoms with Crippen LogP contribution < -0.4 is 13.8 Å². The fourth-order valence-electron chi connectivity index (χ4n) is 4.73. The molecule has 4 rings (SSSR count). The third-order valence-electron chi connectivity index (χ3n) is 6.81. The molecule has 0 aromatic heterocycles. The van der Waals surface area contributed by atoms with E-state index >= 15 is 0 Å². The number of methoxy groups -OCH3 is 1. The Balaban J connectivity index is 1.78. The zero-order valence-electron chi connectivity index (χ0n) is 21.8. The summed E-state index contributed by atoms with van der Waals surface area (Å²) in [5.74, 6) is 0.651. The van der Waals surface area contributed by atoms with Crippen molar-refractivity contribution in [3.05, 3.63) is 94.5 Å². The molecule has 0 aliphatic carbocycles. The van der Waals surface area contributed by atoms with E-state index < -0.39 is 21.9 Å². The van der Waals surface area contributed by atoms with Crippen LogP contribution in [0, 0.1) is 18.7 Å². The molecule has 0 amide bonds. The van der Waals surface area contributed by atoms with Gasteiger partial charge in [0.1, 0.15) is 23.9 Å². The maximum atomic E-state index is 14.3. The number of rotatable bonds is 9. The molecule has 3 aromatic rings. The second-order valence-corrected chi connectivity index (χ2v) is 11.4. The minimum atomic E-state index is -4.03. The highest BCUT2D eigenvalue weighted by Crippen LogP contribution is 2.42. The predicted molar refractivity (Wildman–Crippen MR) is 147 cm³/mol. The monoisotopic (exact) mass is 559 g/mol. The topological polar surface area (TPSA) is 65.1 Å². The van der Waals surface area contributed by atoms with E-state index in [1.165, 1.54) is 29.6 Å². The molecule has 0 saturated carbocycles. The highest BCUT2D eigenvalue weighted by Gasteiger charge is 2.41. The van der Waals surface area contributed by atoms with Crippen LogP contribution >= 0.6 is 11.6 Å². The van der Waals surface area contributed by atoms with Crippen LogP contribution in [0.1, 0.15) is 30.5 Å². The first-order valence-electron chi connectivity index (χ1n) is 12.3. The van der Waals surface area contributed by atoms with Gasteiger partial charge in [-0.25, -0.2) is 12.8 Å². The smallest absolute Gasteiger partial charge is 0.264 e. The van der Waals surface area contributed by atoms with E-state index in [2.05, 4.69) is 6.58 Å². The minimum Gasteiger partial charge on any atom is -0.498 e. The molecule has 0 radical (unpaired) electrons. The summed E-state index contributed by atoms with van der Waals surface area (Å²) < 4.78 is 60.9. The number of hydrogen-bond donors (Lipinski definition) is 0. The summed E-state index contributed by atoms with van der Waals surface area (Å²) in [6.45, 7) is 9.96. The molecule has 3 aromatic carbocycles. The van der Waals surface area contributed by atoms with Gasteiger partial charge >= 0.3 is 0 Å². The van der Waals surface area contributed by atoms with E-state index in [0.29, 0.717) is 36.0 Å². The van der Waals surface area contributed by atoms with Crippen LogP contribution in [0.5, 0.6) is 11.5 Å². The molecule has 6 nitrogen and oxygen atoms in total. The number of aryl methyl sites for hydroxylation is 1. The van der Waals surface area contributed by atoms with Gasteiger partial charge in [-0.1, -0.05) is 36.4 Å². The van der Waals surface area contributed by atoms with Crippen molar-refractivity contribution >= 4 is 27.3 Å². The third-order valence-corrected chi connectivity index (χ3v) is 9.06.